The van der Waals surface area contributed by atoms with Crippen molar-refractivity contribution < 1.29 is 14.7 Å². The summed E-state index contributed by atoms with van der Waals surface area (Å²) >= 11 is 7.75. The number of benzene rings is 2. The third-order valence-electron chi connectivity index (χ3n) is 4.57. The Morgan fingerprint density at radius 3 is 2.43 bits per heavy atom. The third kappa shape index (κ3) is 6.52. The van der Waals surface area contributed by atoms with E-state index in [2.05, 4.69) is 10.2 Å². The second kappa shape index (κ2) is 11.6. The summed E-state index contributed by atoms with van der Waals surface area (Å²) in [5, 5.41) is 19.3. The highest BCUT2D eigenvalue weighted by molar-refractivity contribution is 7.18. The van der Waals surface area contributed by atoms with Crippen LogP contribution >= 0.6 is 22.9 Å². The zero-order chi connectivity index (χ0) is 21.2. The van der Waals surface area contributed by atoms with Crippen molar-refractivity contribution in [2.24, 2.45) is 0 Å². The topological polar surface area (TPSA) is 84.3 Å². The molecule has 0 bridgehead atoms. The fourth-order valence-electron chi connectivity index (χ4n) is 2.94. The minimum Gasteiger partial charge on any atom is -0.494 e. The van der Waals surface area contributed by atoms with Crippen molar-refractivity contribution in [2.45, 2.75) is 38.5 Å². The summed E-state index contributed by atoms with van der Waals surface area (Å²) in [7, 11) is 0. The molecule has 3 rings (SSSR count). The molecule has 2 aromatic carbocycles. The van der Waals surface area contributed by atoms with Gasteiger partial charge in [-0.2, -0.15) is 0 Å². The smallest absolute Gasteiger partial charge is 0.243 e. The van der Waals surface area contributed by atoms with E-state index in [0.717, 1.165) is 59.0 Å². The number of amides is 1. The van der Waals surface area contributed by atoms with Gasteiger partial charge < -0.3 is 4.74 Å². The molecule has 2 N–H and O–H groups in total. The Labute approximate surface area is 184 Å². The average molecular weight is 446 g/mol. The van der Waals surface area contributed by atoms with Crippen LogP contribution < -0.4 is 10.2 Å². The van der Waals surface area contributed by atoms with E-state index in [1.54, 1.807) is 5.48 Å². The number of ether oxygens (including phenoxy) is 1. The summed E-state index contributed by atoms with van der Waals surface area (Å²) in [5.74, 6) is 0.504. The number of carbonyl (C=O) groups excluding carboxylic acids is 1. The summed E-state index contributed by atoms with van der Waals surface area (Å²) in [6.45, 7) is 0.659. The normalized spacial score (nSPS) is 10.7. The molecule has 8 heteroatoms. The molecule has 6 nitrogen and oxygen atoms in total. The van der Waals surface area contributed by atoms with Gasteiger partial charge in [0.25, 0.3) is 0 Å². The highest BCUT2D eigenvalue weighted by atomic mass is 35.5. The van der Waals surface area contributed by atoms with Crippen LogP contribution in [0.15, 0.2) is 48.5 Å². The molecule has 0 unspecified atom stereocenters. The van der Waals surface area contributed by atoms with E-state index in [9.17, 15) is 4.79 Å². The quantitative estimate of drug-likeness (QED) is 0.223. The van der Waals surface area contributed by atoms with Gasteiger partial charge in [-0.1, -0.05) is 60.4 Å². The highest BCUT2D eigenvalue weighted by Gasteiger charge is 2.11. The van der Waals surface area contributed by atoms with E-state index < -0.39 is 0 Å². The lowest BCUT2D eigenvalue weighted by molar-refractivity contribution is -0.129. The fraction of sp³-hybridized carbons (Fsp3) is 0.318. The molecule has 0 radical (unpaired) electrons. The SMILES string of the molecule is O=C(CCCCCCCOc1ccc(-c2nnc(-c3ccccc3Cl)s2)cc1)NO. The zero-order valence-electron chi connectivity index (χ0n) is 16.5. The van der Waals surface area contributed by atoms with Crippen molar-refractivity contribution in [1.29, 1.82) is 0 Å². The van der Waals surface area contributed by atoms with Crippen LogP contribution in [0.2, 0.25) is 5.02 Å². The largest absolute Gasteiger partial charge is 0.494 e. The Morgan fingerprint density at radius 2 is 1.67 bits per heavy atom. The minimum absolute atomic E-state index is 0.324. The van der Waals surface area contributed by atoms with Crippen molar-refractivity contribution in [3.63, 3.8) is 0 Å². The van der Waals surface area contributed by atoms with Crippen molar-refractivity contribution in [1.82, 2.24) is 15.7 Å². The van der Waals surface area contributed by atoms with Crippen molar-refractivity contribution in [3.8, 4) is 26.9 Å². The van der Waals surface area contributed by atoms with Crippen LogP contribution in [0.3, 0.4) is 0 Å². The molecule has 1 amide bonds. The van der Waals surface area contributed by atoms with Crippen molar-refractivity contribution in [3.05, 3.63) is 53.6 Å². The maximum Gasteiger partial charge on any atom is 0.243 e. The molecule has 158 valence electrons. The van der Waals surface area contributed by atoms with E-state index in [1.165, 1.54) is 11.3 Å². The molecule has 30 heavy (non-hydrogen) atoms. The van der Waals surface area contributed by atoms with Gasteiger partial charge in [-0.3, -0.25) is 10.0 Å². The fourth-order valence-corrected chi connectivity index (χ4v) is 4.11. The first kappa shape index (κ1) is 22.2. The van der Waals surface area contributed by atoms with Gasteiger partial charge in [-0.15, -0.1) is 10.2 Å². The van der Waals surface area contributed by atoms with E-state index in [0.29, 0.717) is 18.1 Å². The van der Waals surface area contributed by atoms with Gasteiger partial charge in [-0.05, 0) is 43.2 Å². The molecule has 1 aromatic heterocycles. The number of carbonyl (C=O) groups is 1. The van der Waals surface area contributed by atoms with Crippen LogP contribution in [0.4, 0.5) is 0 Å². The molecule has 3 aromatic rings. The van der Waals surface area contributed by atoms with E-state index in [-0.39, 0.29) is 5.91 Å². The second-order valence-corrected chi connectivity index (χ2v) is 8.20. The van der Waals surface area contributed by atoms with Crippen LogP contribution in [0, 0.1) is 0 Å². The van der Waals surface area contributed by atoms with Gasteiger partial charge in [0.2, 0.25) is 5.91 Å². The zero-order valence-corrected chi connectivity index (χ0v) is 18.1. The van der Waals surface area contributed by atoms with Gasteiger partial charge in [0.1, 0.15) is 15.8 Å². The monoisotopic (exact) mass is 445 g/mol. The summed E-state index contributed by atoms with van der Waals surface area (Å²) in [6, 6.07) is 15.5. The number of hydroxylamine groups is 1. The molecule has 0 saturated carbocycles. The molecule has 0 aliphatic carbocycles. The third-order valence-corrected chi connectivity index (χ3v) is 5.91. The maximum atomic E-state index is 10.9. The lowest BCUT2D eigenvalue weighted by Gasteiger charge is -2.06. The first-order chi connectivity index (χ1) is 14.7. The molecule has 0 aliphatic heterocycles. The standard InChI is InChI=1S/C22H24ClN3O3S/c23-19-9-6-5-8-18(19)22-25-24-21(30-22)16-11-13-17(14-12-16)29-15-7-3-1-2-4-10-20(27)26-28/h5-6,8-9,11-14,28H,1-4,7,10,15H2,(H,26,27). The summed E-state index contributed by atoms with van der Waals surface area (Å²) < 4.78 is 5.80. The summed E-state index contributed by atoms with van der Waals surface area (Å²) in [6.07, 6.45) is 5.19. The van der Waals surface area contributed by atoms with Gasteiger partial charge in [-0.25, -0.2) is 5.48 Å². The molecule has 0 saturated heterocycles. The number of aromatic nitrogens is 2. The van der Waals surface area contributed by atoms with Crippen LogP contribution in [0.1, 0.15) is 38.5 Å². The molecule has 0 fully saturated rings. The molecule has 1 heterocycles. The first-order valence-electron chi connectivity index (χ1n) is 9.92. The predicted octanol–water partition coefficient (Wildman–Crippen LogP) is 5.75. The Bertz CT molecular complexity index is 947. The number of nitrogens with zero attached hydrogens (tertiary/aromatic N) is 2. The Morgan fingerprint density at radius 1 is 0.967 bits per heavy atom. The van der Waals surface area contributed by atoms with Crippen LogP contribution in [-0.2, 0) is 4.79 Å². The molecule has 0 aliphatic rings. The van der Waals surface area contributed by atoms with E-state index in [4.69, 9.17) is 21.5 Å². The van der Waals surface area contributed by atoms with Crippen molar-refractivity contribution >= 4 is 28.8 Å². The minimum atomic E-state index is -0.324. The maximum absolute atomic E-state index is 10.9. The van der Waals surface area contributed by atoms with E-state index >= 15 is 0 Å². The van der Waals surface area contributed by atoms with Gasteiger partial charge in [0.05, 0.1) is 11.6 Å². The lowest BCUT2D eigenvalue weighted by atomic mass is 10.1. The predicted molar refractivity (Wildman–Crippen MR) is 119 cm³/mol. The van der Waals surface area contributed by atoms with Crippen LogP contribution in [0.25, 0.3) is 21.1 Å². The number of rotatable bonds is 11. The summed E-state index contributed by atoms with van der Waals surface area (Å²) in [4.78, 5) is 10.9. The molecular weight excluding hydrogens is 422 g/mol. The number of hydrogen-bond donors (Lipinski definition) is 2. The van der Waals surface area contributed by atoms with E-state index in [1.807, 2.05) is 48.5 Å². The van der Waals surface area contributed by atoms with Gasteiger partial charge in [0.15, 0.2) is 0 Å². The number of nitrogens with one attached hydrogen (secondary N) is 1. The molecule has 0 atom stereocenters. The number of unbranched alkanes of at least 4 members (excludes halogenated alkanes) is 4. The molecular formula is C22H24ClN3O3S. The number of halogens is 1. The lowest BCUT2D eigenvalue weighted by Crippen LogP contribution is -2.17. The highest BCUT2D eigenvalue weighted by Crippen LogP contribution is 2.34. The summed E-state index contributed by atoms with van der Waals surface area (Å²) in [5.41, 5.74) is 3.53. The Hall–Kier alpha value is -2.48. The Kier molecular flexibility index (Phi) is 8.62. The van der Waals surface area contributed by atoms with Crippen molar-refractivity contribution in [2.75, 3.05) is 6.61 Å². The van der Waals surface area contributed by atoms with Crippen LogP contribution in [0.5, 0.6) is 5.75 Å². The number of hydrogen-bond acceptors (Lipinski definition) is 6. The van der Waals surface area contributed by atoms with Gasteiger partial charge in [0, 0.05) is 17.5 Å². The Balaban J connectivity index is 1.41. The second-order valence-electron chi connectivity index (χ2n) is 6.82. The average Bonchev–Trinajstić information content (AvgIpc) is 3.26. The molecule has 0 spiro atoms. The van der Waals surface area contributed by atoms with Gasteiger partial charge >= 0.3 is 0 Å². The van der Waals surface area contributed by atoms with Crippen LogP contribution in [-0.4, -0.2) is 27.9 Å². The first-order valence-corrected chi connectivity index (χ1v) is 11.1.